The van der Waals surface area contributed by atoms with Crippen molar-refractivity contribution in [3.8, 4) is 11.3 Å². The molecule has 1 fully saturated rings. The fraction of sp³-hybridized carbons (Fsp3) is 0.421. The molecule has 1 amide bonds. The molecular weight excluding hydrogens is 288 g/mol. The summed E-state index contributed by atoms with van der Waals surface area (Å²) >= 11 is 0. The number of likely N-dealkylation sites (tertiary alicyclic amines) is 1. The maximum absolute atomic E-state index is 13.0. The molecule has 4 heteroatoms. The zero-order chi connectivity index (χ0) is 16.4. The summed E-state index contributed by atoms with van der Waals surface area (Å²) in [6.07, 6.45) is 4.15. The number of carbonyl (C=O) groups excluding carboxylic acids is 1. The topological polar surface area (TPSA) is 45.5 Å². The number of aryl methyl sites for hydroxylation is 1. The first-order valence-electron chi connectivity index (χ1n) is 8.20. The Morgan fingerprint density at radius 2 is 1.87 bits per heavy atom. The van der Waals surface area contributed by atoms with Crippen LogP contribution < -0.4 is 0 Å². The highest BCUT2D eigenvalue weighted by Gasteiger charge is 2.29. The smallest absolute Gasteiger partial charge is 0.256 e. The summed E-state index contributed by atoms with van der Waals surface area (Å²) in [7, 11) is 1.96. The van der Waals surface area contributed by atoms with Gasteiger partial charge in [0.05, 0.1) is 16.9 Å². The number of nitrogens with zero attached hydrogens (tertiary/aromatic N) is 2. The summed E-state index contributed by atoms with van der Waals surface area (Å²) < 4.78 is 2.00. The summed E-state index contributed by atoms with van der Waals surface area (Å²) in [5.74, 6) is 0.0575. The minimum absolute atomic E-state index is 0.0575. The van der Waals surface area contributed by atoms with E-state index >= 15 is 0 Å². The number of carbonyl (C=O) groups is 1. The van der Waals surface area contributed by atoms with Gasteiger partial charge in [-0.3, -0.25) is 4.79 Å². The predicted molar refractivity (Wildman–Crippen MR) is 91.2 cm³/mol. The second kappa shape index (κ2) is 6.20. The Kier molecular flexibility index (Phi) is 4.26. The normalized spacial score (nSPS) is 22.0. The van der Waals surface area contributed by atoms with Gasteiger partial charge in [-0.15, -0.1) is 0 Å². The molecule has 2 aromatic rings. The first-order chi connectivity index (χ1) is 11.0. The number of amides is 1. The van der Waals surface area contributed by atoms with E-state index in [1.807, 2.05) is 66.0 Å². The second-order valence-electron chi connectivity index (χ2n) is 6.70. The van der Waals surface area contributed by atoms with Crippen molar-refractivity contribution in [3.05, 3.63) is 48.2 Å². The lowest BCUT2D eigenvalue weighted by molar-refractivity contribution is 0.0438. The Morgan fingerprint density at radius 1 is 1.13 bits per heavy atom. The first-order valence-corrected chi connectivity index (χ1v) is 8.20. The van der Waals surface area contributed by atoms with Crippen molar-refractivity contribution in [2.75, 3.05) is 13.1 Å². The summed E-state index contributed by atoms with van der Waals surface area (Å²) in [5.41, 5.74) is 2.07. The van der Waals surface area contributed by atoms with E-state index in [0.717, 1.165) is 29.7 Å². The van der Waals surface area contributed by atoms with Gasteiger partial charge < -0.3 is 14.6 Å². The third-order valence-corrected chi connectivity index (χ3v) is 4.70. The van der Waals surface area contributed by atoms with Crippen LogP contribution in [0.2, 0.25) is 0 Å². The molecule has 3 rings (SSSR count). The monoisotopic (exact) mass is 312 g/mol. The van der Waals surface area contributed by atoms with Crippen molar-refractivity contribution in [1.29, 1.82) is 0 Å². The third-order valence-electron chi connectivity index (χ3n) is 4.70. The number of hydrogen-bond acceptors (Lipinski definition) is 2. The van der Waals surface area contributed by atoms with Crippen LogP contribution in [-0.2, 0) is 7.05 Å². The summed E-state index contributed by atoms with van der Waals surface area (Å²) in [6, 6.07) is 11.9. The van der Waals surface area contributed by atoms with Crippen molar-refractivity contribution in [1.82, 2.24) is 9.47 Å². The number of hydrogen-bond donors (Lipinski definition) is 1. The van der Waals surface area contributed by atoms with Gasteiger partial charge in [-0.2, -0.15) is 0 Å². The Balaban J connectivity index is 1.89. The average Bonchev–Trinajstić information content (AvgIpc) is 2.82. The van der Waals surface area contributed by atoms with Crippen molar-refractivity contribution in [2.24, 2.45) is 7.05 Å². The lowest BCUT2D eigenvalue weighted by Crippen LogP contribution is -2.33. The van der Waals surface area contributed by atoms with Crippen LogP contribution in [0.5, 0.6) is 0 Å². The van der Waals surface area contributed by atoms with Gasteiger partial charge in [-0.05, 0) is 37.8 Å². The molecule has 2 heterocycles. The van der Waals surface area contributed by atoms with Crippen LogP contribution in [0.1, 0.15) is 36.5 Å². The molecule has 1 aromatic heterocycles. The molecule has 1 unspecified atom stereocenters. The zero-order valence-corrected chi connectivity index (χ0v) is 13.8. The summed E-state index contributed by atoms with van der Waals surface area (Å²) in [4.78, 5) is 14.9. The summed E-state index contributed by atoms with van der Waals surface area (Å²) in [6.45, 7) is 3.17. The molecule has 1 aliphatic rings. The average molecular weight is 312 g/mol. The first kappa shape index (κ1) is 15.8. The molecule has 1 aliphatic heterocycles. The quantitative estimate of drug-likeness (QED) is 0.926. The van der Waals surface area contributed by atoms with Gasteiger partial charge >= 0.3 is 0 Å². The van der Waals surface area contributed by atoms with Crippen molar-refractivity contribution >= 4 is 5.91 Å². The highest BCUT2D eigenvalue weighted by Crippen LogP contribution is 2.27. The highest BCUT2D eigenvalue weighted by molar-refractivity contribution is 6.00. The van der Waals surface area contributed by atoms with E-state index in [1.54, 1.807) is 0 Å². The SMILES string of the molecule is Cn1ccc(C(=O)N2CCCC(C)(O)CC2)c1-c1ccccc1. The Hall–Kier alpha value is -2.07. The maximum atomic E-state index is 13.0. The van der Waals surface area contributed by atoms with E-state index in [0.29, 0.717) is 19.5 Å². The highest BCUT2D eigenvalue weighted by atomic mass is 16.3. The molecule has 4 nitrogen and oxygen atoms in total. The molecule has 122 valence electrons. The Labute approximate surface area is 137 Å². The molecule has 1 saturated heterocycles. The van der Waals surface area contributed by atoms with E-state index in [4.69, 9.17) is 0 Å². The fourth-order valence-corrected chi connectivity index (χ4v) is 3.29. The Morgan fingerprint density at radius 3 is 2.61 bits per heavy atom. The van der Waals surface area contributed by atoms with Gasteiger partial charge in [-0.25, -0.2) is 0 Å². The van der Waals surface area contributed by atoms with Crippen molar-refractivity contribution in [3.63, 3.8) is 0 Å². The van der Waals surface area contributed by atoms with Gasteiger partial charge in [0.25, 0.3) is 5.91 Å². The minimum Gasteiger partial charge on any atom is -0.390 e. The number of aromatic nitrogens is 1. The van der Waals surface area contributed by atoms with Crippen LogP contribution in [-0.4, -0.2) is 39.2 Å². The maximum Gasteiger partial charge on any atom is 0.256 e. The second-order valence-corrected chi connectivity index (χ2v) is 6.70. The predicted octanol–water partition coefficient (Wildman–Crippen LogP) is 3.07. The van der Waals surface area contributed by atoms with Gasteiger partial charge in [0.15, 0.2) is 0 Å². The molecule has 0 bridgehead atoms. The van der Waals surface area contributed by atoms with Gasteiger partial charge in [-0.1, -0.05) is 30.3 Å². The molecule has 1 atom stereocenters. The lowest BCUT2D eigenvalue weighted by Gasteiger charge is -2.23. The molecule has 0 radical (unpaired) electrons. The molecule has 1 N–H and O–H groups in total. The number of rotatable bonds is 2. The van der Waals surface area contributed by atoms with Crippen molar-refractivity contribution < 1.29 is 9.90 Å². The van der Waals surface area contributed by atoms with E-state index in [2.05, 4.69) is 0 Å². The van der Waals surface area contributed by atoms with E-state index in [1.165, 1.54) is 0 Å². The standard InChI is InChI=1S/C19H24N2O2/c1-19(23)10-6-12-21(14-11-19)18(22)16-9-13-20(2)17(16)15-7-4-3-5-8-15/h3-5,7-9,13,23H,6,10-12,14H2,1-2H3. The summed E-state index contributed by atoms with van der Waals surface area (Å²) in [5, 5.41) is 10.2. The largest absolute Gasteiger partial charge is 0.390 e. The van der Waals surface area contributed by atoms with E-state index in [9.17, 15) is 9.90 Å². The van der Waals surface area contributed by atoms with E-state index < -0.39 is 5.60 Å². The van der Waals surface area contributed by atoms with Crippen LogP contribution in [0.3, 0.4) is 0 Å². The molecule has 0 aliphatic carbocycles. The van der Waals surface area contributed by atoms with Crippen molar-refractivity contribution in [2.45, 2.75) is 31.8 Å². The molecular formula is C19H24N2O2. The lowest BCUT2D eigenvalue weighted by atomic mass is 9.98. The molecule has 0 spiro atoms. The third kappa shape index (κ3) is 3.32. The van der Waals surface area contributed by atoms with Gasteiger partial charge in [0.2, 0.25) is 0 Å². The molecule has 1 aromatic carbocycles. The molecule has 23 heavy (non-hydrogen) atoms. The van der Waals surface area contributed by atoms with Crippen LogP contribution in [0.25, 0.3) is 11.3 Å². The van der Waals surface area contributed by atoms with Crippen LogP contribution >= 0.6 is 0 Å². The van der Waals surface area contributed by atoms with E-state index in [-0.39, 0.29) is 5.91 Å². The van der Waals surface area contributed by atoms with Gasteiger partial charge in [0.1, 0.15) is 0 Å². The number of benzene rings is 1. The number of aliphatic hydroxyl groups is 1. The van der Waals surface area contributed by atoms with Crippen LogP contribution in [0.15, 0.2) is 42.6 Å². The zero-order valence-electron chi connectivity index (χ0n) is 13.8. The van der Waals surface area contributed by atoms with Crippen LogP contribution in [0.4, 0.5) is 0 Å². The Bertz CT molecular complexity index is 689. The van der Waals surface area contributed by atoms with Gasteiger partial charge in [0, 0.05) is 26.3 Å². The fourth-order valence-electron chi connectivity index (χ4n) is 3.29. The van der Waals surface area contributed by atoms with Crippen LogP contribution in [0, 0.1) is 0 Å². The molecule has 0 saturated carbocycles. The minimum atomic E-state index is -0.659.